The van der Waals surface area contributed by atoms with Gasteiger partial charge in [0.15, 0.2) is 10.9 Å². The molecule has 2 aromatic heterocycles. The molecule has 7 heteroatoms. The van der Waals surface area contributed by atoms with Crippen molar-refractivity contribution in [2.24, 2.45) is 0 Å². The number of carbonyl (C=O) groups excluding carboxylic acids is 2. The number of aryl methyl sites for hydroxylation is 1. The van der Waals surface area contributed by atoms with E-state index in [0.29, 0.717) is 22.3 Å². The Kier molecular flexibility index (Phi) is 4.30. The van der Waals surface area contributed by atoms with E-state index >= 15 is 0 Å². The quantitative estimate of drug-likeness (QED) is 0.699. The van der Waals surface area contributed by atoms with Crippen LogP contribution in [0.2, 0.25) is 0 Å². The summed E-state index contributed by atoms with van der Waals surface area (Å²) in [6, 6.07) is 8.41. The maximum Gasteiger partial charge on any atom is 0.291 e. The minimum atomic E-state index is -0.357. The summed E-state index contributed by atoms with van der Waals surface area (Å²) in [6.45, 7) is 1.86. The Bertz CT molecular complexity index is 958. The zero-order chi connectivity index (χ0) is 18.1. The number of furan rings is 1. The molecule has 132 valence electrons. The Hall–Kier alpha value is -2.93. The fourth-order valence-corrected chi connectivity index (χ4v) is 3.36. The van der Waals surface area contributed by atoms with Gasteiger partial charge in [-0.25, -0.2) is 4.98 Å². The van der Waals surface area contributed by atoms with Gasteiger partial charge in [-0.2, -0.15) is 0 Å². The Morgan fingerprint density at radius 1 is 1.19 bits per heavy atom. The van der Waals surface area contributed by atoms with E-state index in [4.69, 9.17) is 4.42 Å². The van der Waals surface area contributed by atoms with Crippen LogP contribution in [0.1, 0.15) is 50.9 Å². The Morgan fingerprint density at radius 3 is 2.77 bits per heavy atom. The van der Waals surface area contributed by atoms with Gasteiger partial charge in [0.05, 0.1) is 12.0 Å². The zero-order valence-corrected chi connectivity index (χ0v) is 14.9. The third kappa shape index (κ3) is 3.52. The minimum Gasteiger partial charge on any atom is -0.459 e. The summed E-state index contributed by atoms with van der Waals surface area (Å²) >= 11 is 1.43. The molecule has 0 saturated heterocycles. The first-order valence-corrected chi connectivity index (χ1v) is 9.20. The van der Waals surface area contributed by atoms with E-state index in [1.807, 2.05) is 12.3 Å². The van der Waals surface area contributed by atoms with Crippen LogP contribution in [0.5, 0.6) is 0 Å². The molecule has 1 aromatic carbocycles. The van der Waals surface area contributed by atoms with Gasteiger partial charge < -0.3 is 9.73 Å². The maximum atomic E-state index is 12.5. The molecule has 0 spiro atoms. The molecule has 1 fully saturated rings. The van der Waals surface area contributed by atoms with Gasteiger partial charge in [-0.15, -0.1) is 11.3 Å². The lowest BCUT2D eigenvalue weighted by atomic mass is 10.1. The molecule has 1 saturated carbocycles. The monoisotopic (exact) mass is 367 g/mol. The summed E-state index contributed by atoms with van der Waals surface area (Å²) in [5.74, 6) is 0.161. The summed E-state index contributed by atoms with van der Waals surface area (Å²) in [7, 11) is 0. The highest BCUT2D eigenvalue weighted by molar-refractivity contribution is 7.14. The van der Waals surface area contributed by atoms with Crippen LogP contribution in [0, 0.1) is 6.92 Å². The van der Waals surface area contributed by atoms with Crippen molar-refractivity contribution in [1.82, 2.24) is 4.98 Å². The van der Waals surface area contributed by atoms with Crippen LogP contribution >= 0.6 is 11.3 Å². The number of anilines is 2. The van der Waals surface area contributed by atoms with Crippen molar-refractivity contribution in [2.75, 3.05) is 10.6 Å². The number of hydrogen-bond donors (Lipinski definition) is 2. The number of hydrogen-bond acceptors (Lipinski definition) is 5. The third-order valence-corrected chi connectivity index (χ3v) is 5.01. The van der Waals surface area contributed by atoms with Crippen LogP contribution in [0.4, 0.5) is 10.8 Å². The predicted molar refractivity (Wildman–Crippen MR) is 99.9 cm³/mol. The fourth-order valence-electron chi connectivity index (χ4n) is 2.57. The van der Waals surface area contributed by atoms with Crippen LogP contribution in [-0.2, 0) is 0 Å². The number of nitrogens with zero attached hydrogens (tertiary/aromatic N) is 1. The summed E-state index contributed by atoms with van der Waals surface area (Å²) in [4.78, 5) is 29.1. The van der Waals surface area contributed by atoms with E-state index in [-0.39, 0.29) is 17.6 Å². The Balaban J connectivity index is 1.48. The lowest BCUT2D eigenvalue weighted by Crippen LogP contribution is -2.15. The highest BCUT2D eigenvalue weighted by atomic mass is 32.1. The summed E-state index contributed by atoms with van der Waals surface area (Å²) in [5, 5.41) is 8.19. The molecule has 2 amide bonds. The van der Waals surface area contributed by atoms with Gasteiger partial charge in [-0.1, -0.05) is 6.07 Å². The number of nitrogens with one attached hydrogen (secondary N) is 2. The summed E-state index contributed by atoms with van der Waals surface area (Å²) in [6.07, 6.45) is 3.79. The minimum absolute atomic E-state index is 0.217. The SMILES string of the molecule is Cc1ccc(C(=O)Nc2nc(C3CC3)cs2)cc1NC(=O)c1ccco1. The van der Waals surface area contributed by atoms with Crippen molar-refractivity contribution < 1.29 is 14.0 Å². The highest BCUT2D eigenvalue weighted by Crippen LogP contribution is 2.40. The van der Waals surface area contributed by atoms with Crippen molar-refractivity contribution in [3.05, 3.63) is 64.6 Å². The molecule has 3 aromatic rings. The van der Waals surface area contributed by atoms with E-state index in [2.05, 4.69) is 15.6 Å². The average molecular weight is 367 g/mol. The van der Waals surface area contributed by atoms with Gasteiger partial charge in [0.25, 0.3) is 11.8 Å². The van der Waals surface area contributed by atoms with Crippen LogP contribution in [0.15, 0.2) is 46.4 Å². The average Bonchev–Trinajstić information content (AvgIpc) is 3.13. The molecule has 0 unspecified atom stereocenters. The molecule has 0 aliphatic heterocycles. The Morgan fingerprint density at radius 2 is 2.04 bits per heavy atom. The highest BCUT2D eigenvalue weighted by Gasteiger charge is 2.26. The molecular weight excluding hydrogens is 350 g/mol. The lowest BCUT2D eigenvalue weighted by molar-refractivity contribution is 0.0993. The Labute approximate surface area is 154 Å². The molecule has 2 N–H and O–H groups in total. The van der Waals surface area contributed by atoms with E-state index in [9.17, 15) is 9.59 Å². The smallest absolute Gasteiger partial charge is 0.291 e. The third-order valence-electron chi connectivity index (χ3n) is 4.23. The first kappa shape index (κ1) is 16.5. The largest absolute Gasteiger partial charge is 0.459 e. The zero-order valence-electron chi connectivity index (χ0n) is 14.1. The van der Waals surface area contributed by atoms with Crippen LogP contribution in [0.3, 0.4) is 0 Å². The first-order chi connectivity index (χ1) is 12.6. The normalized spacial score (nSPS) is 13.4. The van der Waals surface area contributed by atoms with Crippen molar-refractivity contribution >= 4 is 34.0 Å². The molecule has 2 heterocycles. The number of amides is 2. The number of aromatic nitrogens is 1. The molecule has 0 radical (unpaired) electrons. The van der Waals surface area contributed by atoms with Gasteiger partial charge in [0.2, 0.25) is 0 Å². The molecular formula is C19H17N3O3S. The van der Waals surface area contributed by atoms with Crippen molar-refractivity contribution in [3.63, 3.8) is 0 Å². The standard InChI is InChI=1S/C19H17N3O3S/c1-11-4-5-13(9-14(11)20-18(24)16-3-2-8-25-16)17(23)22-19-21-15(10-26-19)12-6-7-12/h2-5,8-10,12H,6-7H2,1H3,(H,20,24)(H,21,22,23). The van der Waals surface area contributed by atoms with Crippen LogP contribution < -0.4 is 10.6 Å². The van der Waals surface area contributed by atoms with E-state index in [1.165, 1.54) is 30.4 Å². The number of thiazole rings is 1. The molecule has 6 nitrogen and oxygen atoms in total. The van der Waals surface area contributed by atoms with Crippen molar-refractivity contribution in [1.29, 1.82) is 0 Å². The molecule has 4 rings (SSSR count). The van der Waals surface area contributed by atoms with Crippen molar-refractivity contribution in [3.8, 4) is 0 Å². The van der Waals surface area contributed by atoms with Gasteiger partial charge in [0.1, 0.15) is 0 Å². The molecule has 1 aliphatic carbocycles. The van der Waals surface area contributed by atoms with Gasteiger partial charge in [0, 0.05) is 22.5 Å². The van der Waals surface area contributed by atoms with Gasteiger partial charge in [-0.05, 0) is 49.6 Å². The topological polar surface area (TPSA) is 84.2 Å². The molecule has 0 bridgehead atoms. The number of benzene rings is 1. The summed E-state index contributed by atoms with van der Waals surface area (Å²) in [5.41, 5.74) is 2.93. The molecule has 1 aliphatic rings. The lowest BCUT2D eigenvalue weighted by Gasteiger charge is -2.09. The van der Waals surface area contributed by atoms with E-state index in [0.717, 1.165) is 11.3 Å². The maximum absolute atomic E-state index is 12.5. The second-order valence-corrected chi connectivity index (χ2v) is 7.13. The fraction of sp³-hybridized carbons (Fsp3) is 0.211. The van der Waals surface area contributed by atoms with Crippen LogP contribution in [-0.4, -0.2) is 16.8 Å². The van der Waals surface area contributed by atoms with Crippen LogP contribution in [0.25, 0.3) is 0 Å². The van der Waals surface area contributed by atoms with Gasteiger partial charge >= 0.3 is 0 Å². The predicted octanol–water partition coefficient (Wildman–Crippen LogP) is 4.43. The van der Waals surface area contributed by atoms with E-state index in [1.54, 1.807) is 30.3 Å². The molecule has 0 atom stereocenters. The van der Waals surface area contributed by atoms with Crippen molar-refractivity contribution in [2.45, 2.75) is 25.7 Å². The van der Waals surface area contributed by atoms with E-state index < -0.39 is 0 Å². The number of rotatable bonds is 5. The molecule has 26 heavy (non-hydrogen) atoms. The first-order valence-electron chi connectivity index (χ1n) is 8.32. The van der Waals surface area contributed by atoms with Gasteiger partial charge in [-0.3, -0.25) is 14.9 Å². The number of carbonyl (C=O) groups is 2. The second-order valence-electron chi connectivity index (χ2n) is 6.27. The summed E-state index contributed by atoms with van der Waals surface area (Å²) < 4.78 is 5.09. The second kappa shape index (κ2) is 6.76.